The maximum atomic E-state index is 6.49. The Labute approximate surface area is 686 Å². The van der Waals surface area contributed by atoms with Crippen molar-refractivity contribution in [1.82, 2.24) is 29.1 Å². The van der Waals surface area contributed by atoms with Crippen LogP contribution in [0.15, 0.2) is 340 Å². The zero-order chi connectivity index (χ0) is 79.2. The molecule has 0 saturated carbocycles. The van der Waals surface area contributed by atoms with Gasteiger partial charge in [-0.2, -0.15) is 0 Å². The molecule has 15 aromatic carbocycles. The van der Waals surface area contributed by atoms with Gasteiger partial charge in [0.2, 0.25) is 0 Å². The van der Waals surface area contributed by atoms with Crippen LogP contribution in [0.2, 0.25) is 0 Å². The third-order valence-electron chi connectivity index (χ3n) is 26.6. The molecule has 0 spiro atoms. The predicted molar refractivity (Wildman–Crippen MR) is 489 cm³/mol. The number of anilines is 4. The fourth-order valence-corrected chi connectivity index (χ4v) is 20.7. The monoisotopic (exact) mass is 1510 g/mol. The SMILES string of the molecule is CC1(C)c2ccccc2-c2ccc(-c3ccccc3Nc3nc(Nc4ccccc4-c4ccc5c(c4)C(C)(C)c4ccccc4-5)c(-n4c5ccccc5c5cc6c(cc54)-c4ccccc4C6(C)C)c(-c4ccc(-c5nc(-c6ccccc6)nc(-c6ccccc6)n5)cc4)c3-n3c4ccccc4c4cc5c(cc43)-c3ccccc3C5(C)C)cc21. The number of rotatable bonds is 12. The quantitative estimate of drug-likeness (QED) is 0.127. The molecular weight excluding hydrogens is 1430 g/mol. The Hall–Kier alpha value is -14.3. The summed E-state index contributed by atoms with van der Waals surface area (Å²) >= 11 is 0. The first-order valence-electron chi connectivity index (χ1n) is 41.2. The van der Waals surface area contributed by atoms with E-state index in [0.29, 0.717) is 29.1 Å². The van der Waals surface area contributed by atoms with Crippen LogP contribution in [0.25, 0.3) is 167 Å². The van der Waals surface area contributed by atoms with E-state index < -0.39 is 0 Å². The van der Waals surface area contributed by atoms with Crippen LogP contribution in [0.4, 0.5) is 23.0 Å². The first-order chi connectivity index (χ1) is 57.5. The molecule has 0 saturated heterocycles. The van der Waals surface area contributed by atoms with Crippen molar-refractivity contribution in [3.8, 4) is 123 Å². The molecule has 118 heavy (non-hydrogen) atoms. The lowest BCUT2D eigenvalue weighted by Gasteiger charge is -2.27. The Morgan fingerprint density at radius 3 is 0.907 bits per heavy atom. The third kappa shape index (κ3) is 10.2. The van der Waals surface area contributed by atoms with Crippen LogP contribution in [-0.4, -0.2) is 29.1 Å². The Bertz CT molecular complexity index is 7060. The highest BCUT2D eigenvalue weighted by Crippen LogP contribution is 2.58. The van der Waals surface area contributed by atoms with Crippen LogP contribution >= 0.6 is 0 Å². The minimum atomic E-state index is -0.282. The minimum absolute atomic E-state index is 0.242. The van der Waals surface area contributed by atoms with Crippen LogP contribution in [0.5, 0.6) is 0 Å². The van der Waals surface area contributed by atoms with E-state index in [1.807, 2.05) is 36.4 Å². The highest BCUT2D eigenvalue weighted by molar-refractivity contribution is 6.16. The summed E-state index contributed by atoms with van der Waals surface area (Å²) in [5.74, 6) is 3.02. The number of benzene rings is 15. The predicted octanol–water partition coefficient (Wildman–Crippen LogP) is 28.2. The summed E-state index contributed by atoms with van der Waals surface area (Å²) < 4.78 is 5.10. The molecule has 8 nitrogen and oxygen atoms in total. The van der Waals surface area contributed by atoms with Gasteiger partial charge in [-0.1, -0.05) is 334 Å². The van der Waals surface area contributed by atoms with Crippen molar-refractivity contribution in [2.45, 2.75) is 77.0 Å². The average molecular weight is 1520 g/mol. The number of nitrogens with zero attached hydrogens (tertiary/aromatic N) is 6. The number of fused-ring (bicyclic) bond motifs is 18. The summed E-state index contributed by atoms with van der Waals surface area (Å²) in [6, 6.07) is 125. The van der Waals surface area contributed by atoms with Gasteiger partial charge in [-0.05, 0) is 166 Å². The fourth-order valence-electron chi connectivity index (χ4n) is 20.7. The second-order valence-corrected chi connectivity index (χ2v) is 34.6. The van der Waals surface area contributed by atoms with Crippen LogP contribution < -0.4 is 10.6 Å². The van der Waals surface area contributed by atoms with Gasteiger partial charge < -0.3 is 19.8 Å². The molecule has 0 fully saturated rings. The van der Waals surface area contributed by atoms with Crippen molar-refractivity contribution < 1.29 is 0 Å². The lowest BCUT2D eigenvalue weighted by atomic mass is 9.81. The van der Waals surface area contributed by atoms with E-state index >= 15 is 0 Å². The van der Waals surface area contributed by atoms with Gasteiger partial charge in [0.1, 0.15) is 0 Å². The molecule has 4 heterocycles. The highest BCUT2D eigenvalue weighted by atomic mass is 15.2. The molecule has 0 aliphatic heterocycles. The molecule has 19 aromatic rings. The largest absolute Gasteiger partial charge is 0.338 e. The van der Waals surface area contributed by atoms with Crippen molar-refractivity contribution in [1.29, 1.82) is 0 Å². The average Bonchev–Trinajstić information content (AvgIpc) is 1.52. The van der Waals surface area contributed by atoms with Gasteiger partial charge in [-0.3, -0.25) is 0 Å². The van der Waals surface area contributed by atoms with Crippen LogP contribution in [0, 0.1) is 0 Å². The molecule has 4 aliphatic rings. The number of para-hydroxylation sites is 4. The standard InChI is InChI=1S/C110H82N8/c1-107(2)85-43-23-15-37-73(85)77-57-55-69(59-89(77)107)71-35-19-27-47-93(71)111-105-100(117-95-49-29-21-41-79(95)83-61-91-81(63-97(83)117)75-39-17-25-45-87(75)109(91,5)6)99(65-51-53-68(54-52-65)104-114-102(66-31-11-9-12-32-66)113-103(115-104)67-33-13-10-14-34-67)101(118-96-50-30-22-42-80(96)84-62-92-82(64-98(84)118)76-40-18-26-46-88(76)110(92,7)8)106(116-105)112-94-48-28-20-36-72(94)70-56-58-78-74-38-16-24-44-86(74)108(3,4)90(78)60-70/h9-64H,1-8H3,(H2,111,112,116). The van der Waals surface area contributed by atoms with Crippen LogP contribution in [0.3, 0.4) is 0 Å². The highest BCUT2D eigenvalue weighted by Gasteiger charge is 2.42. The summed E-state index contributed by atoms with van der Waals surface area (Å²) in [7, 11) is 0. The molecule has 0 atom stereocenters. The first kappa shape index (κ1) is 69.2. The zero-order valence-electron chi connectivity index (χ0n) is 67.0. The van der Waals surface area contributed by atoms with Gasteiger partial charge in [-0.15, -0.1) is 0 Å². The number of hydrogen-bond acceptors (Lipinski definition) is 6. The molecule has 4 aliphatic carbocycles. The van der Waals surface area contributed by atoms with E-state index in [1.54, 1.807) is 0 Å². The number of aromatic nitrogens is 6. The lowest BCUT2D eigenvalue weighted by molar-refractivity contribution is 0.660. The Balaban J connectivity index is 0.865. The van der Waals surface area contributed by atoms with E-state index in [9.17, 15) is 0 Å². The lowest BCUT2D eigenvalue weighted by Crippen LogP contribution is -2.15. The van der Waals surface area contributed by atoms with E-state index in [0.717, 1.165) is 116 Å². The molecule has 0 radical (unpaired) electrons. The van der Waals surface area contributed by atoms with Crippen molar-refractivity contribution >= 4 is 66.6 Å². The van der Waals surface area contributed by atoms with Crippen LogP contribution in [0.1, 0.15) is 99.9 Å². The van der Waals surface area contributed by atoms with Gasteiger partial charge in [0.25, 0.3) is 0 Å². The van der Waals surface area contributed by atoms with Gasteiger partial charge >= 0.3 is 0 Å². The third-order valence-corrected chi connectivity index (χ3v) is 26.6. The van der Waals surface area contributed by atoms with Crippen molar-refractivity contribution in [2.24, 2.45) is 0 Å². The Kier molecular flexibility index (Phi) is 15.0. The first-order valence-corrected chi connectivity index (χ1v) is 41.2. The molecule has 4 aromatic heterocycles. The summed E-state index contributed by atoms with van der Waals surface area (Å²) in [5.41, 5.74) is 35.9. The maximum Gasteiger partial charge on any atom is 0.164 e. The van der Waals surface area contributed by atoms with E-state index in [4.69, 9.17) is 19.9 Å². The second-order valence-electron chi connectivity index (χ2n) is 34.6. The van der Waals surface area contributed by atoms with Gasteiger partial charge in [0.15, 0.2) is 29.1 Å². The summed E-state index contributed by atoms with van der Waals surface area (Å²) in [6.45, 7) is 19.0. The summed E-state index contributed by atoms with van der Waals surface area (Å²) in [5, 5.41) is 13.3. The van der Waals surface area contributed by atoms with E-state index in [1.165, 1.54) is 89.0 Å². The molecule has 23 rings (SSSR count). The Morgan fingerprint density at radius 1 is 0.212 bits per heavy atom. The maximum absolute atomic E-state index is 6.49. The number of hydrogen-bond donors (Lipinski definition) is 2. The molecule has 562 valence electrons. The molecule has 2 N–H and O–H groups in total. The van der Waals surface area contributed by atoms with Gasteiger partial charge in [-0.25, -0.2) is 19.9 Å². The van der Waals surface area contributed by atoms with E-state index in [-0.39, 0.29) is 21.7 Å². The molecule has 0 unspecified atom stereocenters. The van der Waals surface area contributed by atoms with Gasteiger partial charge in [0.05, 0.1) is 33.4 Å². The summed E-state index contributed by atoms with van der Waals surface area (Å²) in [6.07, 6.45) is 0. The van der Waals surface area contributed by atoms with Gasteiger partial charge in [0, 0.05) is 88.0 Å². The normalized spacial score (nSPS) is 14.4. The fraction of sp³-hybridized carbons (Fsp3) is 0.109. The molecule has 0 bridgehead atoms. The Morgan fingerprint density at radius 2 is 0.508 bits per heavy atom. The number of pyridine rings is 1. The molecular formula is C110H82N8. The van der Waals surface area contributed by atoms with Crippen molar-refractivity contribution in [3.05, 3.63) is 384 Å². The number of nitrogens with one attached hydrogen (secondary N) is 2. The second kappa shape index (κ2) is 25.6. The zero-order valence-corrected chi connectivity index (χ0v) is 67.0. The van der Waals surface area contributed by atoms with Crippen molar-refractivity contribution in [3.63, 3.8) is 0 Å². The van der Waals surface area contributed by atoms with E-state index in [2.05, 4.69) is 378 Å². The van der Waals surface area contributed by atoms with Crippen LogP contribution in [-0.2, 0) is 21.7 Å². The molecule has 8 heteroatoms. The smallest absolute Gasteiger partial charge is 0.164 e. The molecule has 0 amide bonds. The van der Waals surface area contributed by atoms with Crippen molar-refractivity contribution in [2.75, 3.05) is 10.6 Å². The summed E-state index contributed by atoms with van der Waals surface area (Å²) in [4.78, 5) is 22.4. The minimum Gasteiger partial charge on any atom is -0.338 e. The topological polar surface area (TPSA) is 85.5 Å².